The zero-order valence-electron chi connectivity index (χ0n) is 12.7. The minimum atomic E-state index is -0.205. The van der Waals surface area contributed by atoms with Crippen molar-refractivity contribution in [1.29, 1.82) is 0 Å². The van der Waals surface area contributed by atoms with Crippen molar-refractivity contribution in [3.63, 3.8) is 0 Å². The third-order valence-electron chi connectivity index (χ3n) is 3.43. The molecule has 3 rings (SSSR count). The first kappa shape index (κ1) is 15.5. The Labute approximate surface area is 137 Å². The normalized spacial score (nSPS) is 13.4. The number of nitrogens with zero attached hydrogens (tertiary/aromatic N) is 1. The molecular formula is C16H17N3O3S. The second-order valence-corrected chi connectivity index (χ2v) is 6.23. The van der Waals surface area contributed by atoms with Crippen LogP contribution in [0.15, 0.2) is 29.6 Å². The number of carbonyl (C=O) groups is 2. The van der Waals surface area contributed by atoms with Crippen molar-refractivity contribution in [3.05, 3.63) is 45.9 Å². The maximum absolute atomic E-state index is 12.1. The van der Waals surface area contributed by atoms with Gasteiger partial charge < -0.3 is 15.4 Å². The second-order valence-electron chi connectivity index (χ2n) is 5.29. The van der Waals surface area contributed by atoms with Crippen LogP contribution in [0.3, 0.4) is 0 Å². The van der Waals surface area contributed by atoms with Crippen LogP contribution in [0, 0.1) is 0 Å². The number of benzene rings is 1. The lowest BCUT2D eigenvalue weighted by Crippen LogP contribution is -2.26. The molecule has 120 valence electrons. The molecule has 0 spiro atoms. The summed E-state index contributed by atoms with van der Waals surface area (Å²) in [7, 11) is 1.56. The number of amides is 2. The number of carbonyl (C=O) groups excluding carboxylic acids is 2. The molecule has 1 saturated carbocycles. The minimum absolute atomic E-state index is 0.144. The molecule has 1 fully saturated rings. The summed E-state index contributed by atoms with van der Waals surface area (Å²) in [6.45, 7) is 0.289. The lowest BCUT2D eigenvalue weighted by atomic mass is 10.2. The van der Waals surface area contributed by atoms with Crippen molar-refractivity contribution < 1.29 is 14.3 Å². The molecule has 2 amide bonds. The van der Waals surface area contributed by atoms with E-state index in [1.165, 1.54) is 11.3 Å². The van der Waals surface area contributed by atoms with Gasteiger partial charge in [0.1, 0.15) is 16.5 Å². The highest BCUT2D eigenvalue weighted by molar-refractivity contribution is 7.09. The van der Waals surface area contributed by atoms with Crippen LogP contribution in [0.1, 0.15) is 38.7 Å². The molecular weight excluding hydrogens is 314 g/mol. The molecule has 0 atom stereocenters. The van der Waals surface area contributed by atoms with E-state index in [0.717, 1.165) is 12.8 Å². The molecule has 2 N–H and O–H groups in total. The molecule has 1 aliphatic carbocycles. The van der Waals surface area contributed by atoms with Gasteiger partial charge in [0.25, 0.3) is 11.8 Å². The topological polar surface area (TPSA) is 80.3 Å². The van der Waals surface area contributed by atoms with E-state index in [9.17, 15) is 9.59 Å². The fraction of sp³-hybridized carbons (Fsp3) is 0.312. The van der Waals surface area contributed by atoms with Gasteiger partial charge in [0.15, 0.2) is 0 Å². The highest BCUT2D eigenvalue weighted by atomic mass is 32.1. The second kappa shape index (κ2) is 6.78. The van der Waals surface area contributed by atoms with Crippen LogP contribution in [0.5, 0.6) is 5.75 Å². The Balaban J connectivity index is 1.56. The summed E-state index contributed by atoms with van der Waals surface area (Å²) in [5.41, 5.74) is 0.931. The molecule has 0 unspecified atom stereocenters. The van der Waals surface area contributed by atoms with Crippen molar-refractivity contribution >= 4 is 23.2 Å². The number of nitrogens with one attached hydrogen (secondary N) is 2. The molecule has 1 aliphatic rings. The van der Waals surface area contributed by atoms with E-state index >= 15 is 0 Å². The van der Waals surface area contributed by atoms with Gasteiger partial charge in [-0.15, -0.1) is 11.3 Å². The van der Waals surface area contributed by atoms with Gasteiger partial charge in [0.2, 0.25) is 0 Å². The average Bonchev–Trinajstić information content (AvgIpc) is 3.26. The van der Waals surface area contributed by atoms with E-state index in [1.807, 2.05) is 0 Å². The smallest absolute Gasteiger partial charge is 0.270 e. The van der Waals surface area contributed by atoms with Crippen LogP contribution in [-0.4, -0.2) is 29.9 Å². The van der Waals surface area contributed by atoms with Gasteiger partial charge in [-0.1, -0.05) is 6.07 Å². The first-order valence-corrected chi connectivity index (χ1v) is 8.21. The first-order valence-electron chi connectivity index (χ1n) is 7.33. The lowest BCUT2D eigenvalue weighted by molar-refractivity contribution is 0.0943. The Morgan fingerprint density at radius 3 is 2.91 bits per heavy atom. The predicted molar refractivity (Wildman–Crippen MR) is 86.8 cm³/mol. The minimum Gasteiger partial charge on any atom is -0.497 e. The van der Waals surface area contributed by atoms with E-state index in [0.29, 0.717) is 28.1 Å². The van der Waals surface area contributed by atoms with E-state index < -0.39 is 0 Å². The zero-order chi connectivity index (χ0) is 16.2. The highest BCUT2D eigenvalue weighted by Crippen LogP contribution is 2.20. The Morgan fingerprint density at radius 1 is 1.35 bits per heavy atom. The van der Waals surface area contributed by atoms with Gasteiger partial charge in [-0.3, -0.25) is 9.59 Å². The SMILES string of the molecule is COc1cccc(C(=O)NCc2nc(C(=O)NC3CC3)cs2)c1. The fourth-order valence-corrected chi connectivity index (χ4v) is 2.72. The van der Waals surface area contributed by atoms with Gasteiger partial charge in [-0.2, -0.15) is 0 Å². The summed E-state index contributed by atoms with van der Waals surface area (Å²) in [6.07, 6.45) is 2.08. The summed E-state index contributed by atoms with van der Waals surface area (Å²) in [6, 6.07) is 7.24. The van der Waals surface area contributed by atoms with Crippen LogP contribution in [0.2, 0.25) is 0 Å². The highest BCUT2D eigenvalue weighted by Gasteiger charge is 2.24. The van der Waals surface area contributed by atoms with Crippen molar-refractivity contribution in [2.45, 2.75) is 25.4 Å². The predicted octanol–water partition coefficient (Wildman–Crippen LogP) is 1.97. The van der Waals surface area contributed by atoms with Crippen LogP contribution in [0.4, 0.5) is 0 Å². The third-order valence-corrected chi connectivity index (χ3v) is 4.28. The molecule has 2 aromatic rings. The van der Waals surface area contributed by atoms with Crippen molar-refractivity contribution in [2.24, 2.45) is 0 Å². The molecule has 7 heteroatoms. The van der Waals surface area contributed by atoms with Crippen molar-refractivity contribution in [1.82, 2.24) is 15.6 Å². The van der Waals surface area contributed by atoms with Crippen LogP contribution >= 0.6 is 11.3 Å². The molecule has 0 aliphatic heterocycles. The number of hydrogen-bond donors (Lipinski definition) is 2. The average molecular weight is 331 g/mol. The van der Waals surface area contributed by atoms with Crippen molar-refractivity contribution in [2.75, 3.05) is 7.11 Å². The van der Waals surface area contributed by atoms with Crippen LogP contribution in [0.25, 0.3) is 0 Å². The van der Waals surface area contributed by atoms with Gasteiger partial charge in [0.05, 0.1) is 13.7 Å². The van der Waals surface area contributed by atoms with Gasteiger partial charge in [-0.25, -0.2) is 4.98 Å². The number of hydrogen-bond acceptors (Lipinski definition) is 5. The van der Waals surface area contributed by atoms with Gasteiger partial charge in [0, 0.05) is 17.0 Å². The van der Waals surface area contributed by atoms with Crippen molar-refractivity contribution in [3.8, 4) is 5.75 Å². The standard InChI is InChI=1S/C16H17N3O3S/c1-22-12-4-2-3-10(7-12)15(20)17-8-14-19-13(9-23-14)16(21)18-11-5-6-11/h2-4,7,9,11H,5-6,8H2,1H3,(H,17,20)(H,18,21). The number of ether oxygens (including phenoxy) is 1. The van der Waals surface area contributed by atoms with E-state index in [4.69, 9.17) is 4.74 Å². The summed E-state index contributed by atoms with van der Waals surface area (Å²) in [5, 5.41) is 8.09. The first-order chi connectivity index (χ1) is 11.2. The molecule has 6 nitrogen and oxygen atoms in total. The van der Waals surface area contributed by atoms with Gasteiger partial charge >= 0.3 is 0 Å². The summed E-state index contributed by atoms with van der Waals surface area (Å²) in [4.78, 5) is 28.2. The van der Waals surface area contributed by atoms with E-state index in [1.54, 1.807) is 36.8 Å². The summed E-state index contributed by atoms with van der Waals surface area (Å²) < 4.78 is 5.10. The Morgan fingerprint density at radius 2 is 2.17 bits per heavy atom. The zero-order valence-corrected chi connectivity index (χ0v) is 13.5. The largest absolute Gasteiger partial charge is 0.497 e. The summed E-state index contributed by atoms with van der Waals surface area (Å²) >= 11 is 1.36. The Hall–Kier alpha value is -2.41. The number of methoxy groups -OCH3 is 1. The van der Waals surface area contributed by atoms with Gasteiger partial charge in [-0.05, 0) is 31.0 Å². The number of rotatable bonds is 6. The quantitative estimate of drug-likeness (QED) is 0.848. The molecule has 1 aromatic carbocycles. The molecule has 23 heavy (non-hydrogen) atoms. The maximum atomic E-state index is 12.1. The molecule has 1 heterocycles. The summed E-state index contributed by atoms with van der Waals surface area (Å²) in [5.74, 6) is 0.281. The van der Waals surface area contributed by atoms with Crippen LogP contribution in [-0.2, 0) is 6.54 Å². The molecule has 0 radical (unpaired) electrons. The molecule has 1 aromatic heterocycles. The molecule has 0 saturated heterocycles. The Kier molecular flexibility index (Phi) is 4.57. The Bertz CT molecular complexity index is 725. The third kappa shape index (κ3) is 4.07. The maximum Gasteiger partial charge on any atom is 0.270 e. The van der Waals surface area contributed by atoms with Crippen LogP contribution < -0.4 is 15.4 Å². The monoisotopic (exact) mass is 331 g/mol. The van der Waals surface area contributed by atoms with E-state index in [2.05, 4.69) is 15.6 Å². The number of aromatic nitrogens is 1. The lowest BCUT2D eigenvalue weighted by Gasteiger charge is -2.05. The van der Waals surface area contributed by atoms with E-state index in [-0.39, 0.29) is 18.4 Å². The molecule has 0 bridgehead atoms. The fourth-order valence-electron chi connectivity index (χ4n) is 2.01. The number of thiazole rings is 1.